The Hall–Kier alpha value is -1.12. The average molecular weight is 329 g/mol. The molecule has 1 saturated heterocycles. The number of pyridine rings is 1. The highest BCUT2D eigenvalue weighted by molar-refractivity contribution is 9.10. The zero-order chi connectivity index (χ0) is 13.1. The van der Waals surface area contributed by atoms with Gasteiger partial charge in [0, 0.05) is 17.2 Å². The standard InChI is InChI=1S/C12H11BrClN3O/c13-8-5-10(11(14)16-7-8)12(18)17-4-2-1-3-9(17)6-15/h5,7,9H,1-4H2. The minimum Gasteiger partial charge on any atom is -0.323 e. The molecule has 1 aliphatic rings. The summed E-state index contributed by atoms with van der Waals surface area (Å²) < 4.78 is 0.695. The van der Waals surface area contributed by atoms with Crippen LogP contribution in [-0.2, 0) is 0 Å². The zero-order valence-corrected chi connectivity index (χ0v) is 11.9. The van der Waals surface area contributed by atoms with E-state index in [-0.39, 0.29) is 17.1 Å². The molecule has 6 heteroatoms. The number of rotatable bonds is 1. The van der Waals surface area contributed by atoms with E-state index in [0.29, 0.717) is 16.6 Å². The Morgan fingerprint density at radius 3 is 3.11 bits per heavy atom. The number of carbonyl (C=O) groups excluding carboxylic acids is 1. The molecule has 0 aromatic carbocycles. The van der Waals surface area contributed by atoms with Gasteiger partial charge in [0.2, 0.25) is 0 Å². The molecule has 0 radical (unpaired) electrons. The maximum absolute atomic E-state index is 12.4. The van der Waals surface area contributed by atoms with Crippen LogP contribution in [0.5, 0.6) is 0 Å². The summed E-state index contributed by atoms with van der Waals surface area (Å²) >= 11 is 9.20. The summed E-state index contributed by atoms with van der Waals surface area (Å²) in [6.07, 6.45) is 4.16. The van der Waals surface area contributed by atoms with Gasteiger partial charge in [0.05, 0.1) is 11.6 Å². The van der Waals surface area contributed by atoms with Crippen molar-refractivity contribution in [3.63, 3.8) is 0 Å². The Morgan fingerprint density at radius 1 is 1.61 bits per heavy atom. The summed E-state index contributed by atoms with van der Waals surface area (Å²) in [5.74, 6) is -0.222. The maximum atomic E-state index is 12.4. The van der Waals surface area contributed by atoms with Gasteiger partial charge in [-0.15, -0.1) is 0 Å². The third kappa shape index (κ3) is 2.65. The smallest absolute Gasteiger partial charge is 0.258 e. The summed E-state index contributed by atoms with van der Waals surface area (Å²) in [7, 11) is 0. The quantitative estimate of drug-likeness (QED) is 0.745. The van der Waals surface area contributed by atoms with Crippen molar-refractivity contribution in [2.75, 3.05) is 6.54 Å². The van der Waals surface area contributed by atoms with Crippen LogP contribution in [0.15, 0.2) is 16.7 Å². The molecule has 2 heterocycles. The molecule has 0 aliphatic carbocycles. The molecule has 1 unspecified atom stereocenters. The van der Waals surface area contributed by atoms with Crippen LogP contribution in [-0.4, -0.2) is 28.4 Å². The number of carbonyl (C=O) groups is 1. The van der Waals surface area contributed by atoms with Crippen molar-refractivity contribution < 1.29 is 4.79 Å². The lowest BCUT2D eigenvalue weighted by molar-refractivity contribution is 0.0670. The highest BCUT2D eigenvalue weighted by Gasteiger charge is 2.28. The second-order valence-corrected chi connectivity index (χ2v) is 5.40. The van der Waals surface area contributed by atoms with Crippen molar-refractivity contribution in [2.45, 2.75) is 25.3 Å². The van der Waals surface area contributed by atoms with E-state index in [1.54, 1.807) is 11.0 Å². The number of aromatic nitrogens is 1. The van der Waals surface area contributed by atoms with Crippen molar-refractivity contribution in [3.8, 4) is 6.07 Å². The van der Waals surface area contributed by atoms with Crippen molar-refractivity contribution in [1.29, 1.82) is 5.26 Å². The van der Waals surface area contributed by atoms with Gasteiger partial charge in [-0.1, -0.05) is 11.6 Å². The van der Waals surface area contributed by atoms with E-state index in [1.165, 1.54) is 6.20 Å². The molecule has 1 fully saturated rings. The SMILES string of the molecule is N#CC1CCCCN1C(=O)c1cc(Br)cnc1Cl. The predicted molar refractivity (Wildman–Crippen MR) is 71.2 cm³/mol. The topological polar surface area (TPSA) is 57.0 Å². The predicted octanol–water partition coefficient (Wildman–Crippen LogP) is 3.02. The van der Waals surface area contributed by atoms with E-state index in [4.69, 9.17) is 16.9 Å². The van der Waals surface area contributed by atoms with Crippen LogP contribution in [0.25, 0.3) is 0 Å². The third-order valence-corrected chi connectivity index (χ3v) is 3.68. The van der Waals surface area contributed by atoms with Gasteiger partial charge in [-0.2, -0.15) is 5.26 Å². The van der Waals surface area contributed by atoms with Crippen molar-refractivity contribution >= 4 is 33.4 Å². The Kier molecular flexibility index (Phi) is 4.20. The van der Waals surface area contributed by atoms with Crippen LogP contribution >= 0.6 is 27.5 Å². The van der Waals surface area contributed by atoms with E-state index in [9.17, 15) is 4.79 Å². The van der Waals surface area contributed by atoms with E-state index in [0.717, 1.165) is 19.3 Å². The number of nitriles is 1. The number of piperidine rings is 1. The molecular formula is C12H11BrClN3O. The fourth-order valence-corrected chi connectivity index (χ4v) is 2.55. The largest absolute Gasteiger partial charge is 0.323 e. The van der Waals surface area contributed by atoms with E-state index < -0.39 is 0 Å². The van der Waals surface area contributed by atoms with E-state index in [2.05, 4.69) is 27.0 Å². The second-order valence-electron chi connectivity index (χ2n) is 4.13. The zero-order valence-electron chi connectivity index (χ0n) is 9.57. The average Bonchev–Trinajstić information content (AvgIpc) is 2.40. The first-order valence-electron chi connectivity index (χ1n) is 5.65. The number of halogens is 2. The maximum Gasteiger partial charge on any atom is 0.258 e. The first-order valence-corrected chi connectivity index (χ1v) is 6.82. The number of hydrogen-bond acceptors (Lipinski definition) is 3. The lowest BCUT2D eigenvalue weighted by Crippen LogP contribution is -2.43. The van der Waals surface area contributed by atoms with Gasteiger partial charge < -0.3 is 4.90 Å². The van der Waals surface area contributed by atoms with Gasteiger partial charge in [0.15, 0.2) is 0 Å². The fourth-order valence-electron chi connectivity index (χ4n) is 2.04. The van der Waals surface area contributed by atoms with Gasteiger partial charge >= 0.3 is 0 Å². The number of nitrogens with zero attached hydrogens (tertiary/aromatic N) is 3. The molecule has 1 aromatic rings. The first kappa shape index (κ1) is 13.3. The highest BCUT2D eigenvalue weighted by Crippen LogP contribution is 2.24. The van der Waals surface area contributed by atoms with Crippen LogP contribution in [0, 0.1) is 11.3 Å². The van der Waals surface area contributed by atoms with Crippen LogP contribution in [0.2, 0.25) is 5.15 Å². The van der Waals surface area contributed by atoms with Gasteiger partial charge in [-0.05, 0) is 41.3 Å². The monoisotopic (exact) mass is 327 g/mol. The molecule has 0 N–H and O–H groups in total. The normalized spacial score (nSPS) is 19.4. The summed E-state index contributed by atoms with van der Waals surface area (Å²) in [5, 5.41) is 9.25. The van der Waals surface area contributed by atoms with E-state index >= 15 is 0 Å². The second kappa shape index (κ2) is 5.68. The third-order valence-electron chi connectivity index (χ3n) is 2.95. The van der Waals surface area contributed by atoms with Crippen LogP contribution < -0.4 is 0 Å². The van der Waals surface area contributed by atoms with Crippen molar-refractivity contribution in [2.24, 2.45) is 0 Å². The minimum absolute atomic E-state index is 0.172. The van der Waals surface area contributed by atoms with Crippen molar-refractivity contribution in [3.05, 3.63) is 27.5 Å². The molecule has 94 valence electrons. The molecule has 1 aromatic heterocycles. The summed E-state index contributed by atoms with van der Waals surface area (Å²) in [6, 6.07) is 3.45. The number of hydrogen-bond donors (Lipinski definition) is 0. The fraction of sp³-hybridized carbons (Fsp3) is 0.417. The van der Waals surface area contributed by atoms with Gasteiger partial charge in [0.25, 0.3) is 5.91 Å². The molecule has 0 spiro atoms. The molecule has 2 rings (SSSR count). The summed E-state index contributed by atoms with van der Waals surface area (Å²) in [5.41, 5.74) is 0.341. The first-order chi connectivity index (χ1) is 8.63. The molecule has 0 bridgehead atoms. The molecule has 1 atom stereocenters. The van der Waals surface area contributed by atoms with Crippen LogP contribution in [0.4, 0.5) is 0 Å². The lowest BCUT2D eigenvalue weighted by Gasteiger charge is -2.31. The molecular weight excluding hydrogens is 318 g/mol. The molecule has 4 nitrogen and oxygen atoms in total. The molecule has 0 saturated carbocycles. The highest BCUT2D eigenvalue weighted by atomic mass is 79.9. The number of amides is 1. The summed E-state index contributed by atoms with van der Waals surface area (Å²) in [4.78, 5) is 17.9. The van der Waals surface area contributed by atoms with Crippen LogP contribution in [0.1, 0.15) is 29.6 Å². The van der Waals surface area contributed by atoms with E-state index in [1.807, 2.05) is 0 Å². The Labute approximate surface area is 119 Å². The Bertz CT molecular complexity index is 515. The summed E-state index contributed by atoms with van der Waals surface area (Å²) in [6.45, 7) is 0.597. The molecule has 1 amide bonds. The minimum atomic E-state index is -0.360. The van der Waals surface area contributed by atoms with Gasteiger partial charge in [0.1, 0.15) is 11.2 Å². The number of likely N-dealkylation sites (tertiary alicyclic amines) is 1. The molecule has 1 aliphatic heterocycles. The Morgan fingerprint density at radius 2 is 2.39 bits per heavy atom. The van der Waals surface area contributed by atoms with Gasteiger partial charge in [-0.3, -0.25) is 4.79 Å². The van der Waals surface area contributed by atoms with Crippen LogP contribution in [0.3, 0.4) is 0 Å². The lowest BCUT2D eigenvalue weighted by atomic mass is 10.0. The van der Waals surface area contributed by atoms with Crippen molar-refractivity contribution in [1.82, 2.24) is 9.88 Å². The van der Waals surface area contributed by atoms with Gasteiger partial charge in [-0.25, -0.2) is 4.98 Å². The molecule has 18 heavy (non-hydrogen) atoms. The Balaban J connectivity index is 2.30.